The molecule has 0 bridgehead atoms. The molecule has 8 nitrogen and oxygen atoms in total. The van der Waals surface area contributed by atoms with E-state index >= 15 is 0 Å². The van der Waals surface area contributed by atoms with E-state index in [9.17, 15) is 19.5 Å². The maximum absolute atomic E-state index is 13.6. The van der Waals surface area contributed by atoms with Crippen LogP contribution in [0.5, 0.6) is 0 Å². The maximum Gasteiger partial charge on any atom is 1.00 e. The molecule has 0 aliphatic carbocycles. The van der Waals surface area contributed by atoms with Gasteiger partial charge in [-0.1, -0.05) is 97.4 Å². The van der Waals surface area contributed by atoms with Crippen LogP contribution in [0.1, 0.15) is 63.1 Å². The van der Waals surface area contributed by atoms with Gasteiger partial charge in [-0.05, 0) is 70.3 Å². The molecule has 242 valence electrons. The normalized spacial score (nSPS) is 12.1. The molecule has 10 heteroatoms. The quantitative estimate of drug-likeness (QED) is 0.130. The standard InChI is InChI=1S/C36H47N3O5S.Na/c1-35(2,3)44-34(43)38-31(33(42)37-24-26-39(4)25-16-8-15-23-32(40)41)27-45-36(28-17-9-5-10-18-28,29-19-11-6-12-20-29)30-21-13-7-14-22-30;/h5-7,9-14,17-22,31H,8,15-16,23-27H2,1-4H3,(H,37,42)(H,38,43)(H,40,41);/q;+1/p-1. The van der Waals surface area contributed by atoms with Crippen molar-refractivity contribution in [2.75, 3.05) is 32.4 Å². The molecule has 1 atom stereocenters. The second-order valence-electron chi connectivity index (χ2n) is 12.1. The van der Waals surface area contributed by atoms with Crippen molar-refractivity contribution in [3.05, 3.63) is 108 Å². The molecule has 0 aliphatic heterocycles. The van der Waals surface area contributed by atoms with Crippen molar-refractivity contribution in [3.8, 4) is 0 Å². The van der Waals surface area contributed by atoms with E-state index < -0.39 is 28.5 Å². The van der Waals surface area contributed by atoms with E-state index in [1.165, 1.54) is 0 Å². The number of ether oxygens (including phenoxy) is 1. The van der Waals surface area contributed by atoms with Crippen molar-refractivity contribution >= 4 is 29.7 Å². The third-order valence-electron chi connectivity index (χ3n) is 7.23. The average Bonchev–Trinajstić information content (AvgIpc) is 3.01. The largest absolute Gasteiger partial charge is 1.00 e. The summed E-state index contributed by atoms with van der Waals surface area (Å²) in [6.45, 7) is 7.15. The number of alkyl carbamates (subject to hydrolysis) is 1. The van der Waals surface area contributed by atoms with Crippen LogP contribution < -0.4 is 45.3 Å². The minimum Gasteiger partial charge on any atom is -0.550 e. The van der Waals surface area contributed by atoms with Gasteiger partial charge < -0.3 is 30.2 Å². The van der Waals surface area contributed by atoms with Crippen molar-refractivity contribution in [1.82, 2.24) is 15.5 Å². The summed E-state index contributed by atoms with van der Waals surface area (Å²) in [6.07, 6.45) is 1.68. The smallest absolute Gasteiger partial charge is 0.550 e. The molecule has 2 amide bonds. The Hall–Kier alpha value is -2.82. The molecule has 0 spiro atoms. The molecule has 0 fully saturated rings. The Morgan fingerprint density at radius 2 is 1.30 bits per heavy atom. The van der Waals surface area contributed by atoms with Gasteiger partial charge in [0.2, 0.25) is 5.91 Å². The first-order chi connectivity index (χ1) is 21.5. The number of carbonyl (C=O) groups is 3. The van der Waals surface area contributed by atoms with Crippen LogP contribution >= 0.6 is 11.8 Å². The summed E-state index contributed by atoms with van der Waals surface area (Å²) in [5.41, 5.74) is 2.46. The number of aliphatic carboxylic acids is 1. The molecule has 1 unspecified atom stereocenters. The second-order valence-corrected chi connectivity index (χ2v) is 13.3. The Morgan fingerprint density at radius 1 is 0.804 bits per heavy atom. The van der Waals surface area contributed by atoms with Gasteiger partial charge in [0, 0.05) is 24.8 Å². The van der Waals surface area contributed by atoms with Gasteiger partial charge in [-0.3, -0.25) is 4.79 Å². The molecule has 0 saturated carbocycles. The summed E-state index contributed by atoms with van der Waals surface area (Å²) in [4.78, 5) is 39.3. The Bertz CT molecular complexity index is 1240. The number of rotatable bonds is 17. The molecule has 3 aromatic rings. The van der Waals surface area contributed by atoms with E-state index in [0.29, 0.717) is 19.5 Å². The molecule has 0 radical (unpaired) electrons. The third-order valence-corrected chi connectivity index (χ3v) is 8.87. The van der Waals surface area contributed by atoms with Crippen LogP contribution in [-0.2, 0) is 19.1 Å². The fourth-order valence-electron chi connectivity index (χ4n) is 5.04. The monoisotopic (exact) mass is 655 g/mol. The van der Waals surface area contributed by atoms with E-state index in [4.69, 9.17) is 4.74 Å². The molecular weight excluding hydrogens is 609 g/mol. The van der Waals surface area contributed by atoms with Gasteiger partial charge in [0.25, 0.3) is 0 Å². The van der Waals surface area contributed by atoms with Gasteiger partial charge in [0.05, 0.1) is 4.75 Å². The number of carboxylic acids is 1. The fraction of sp³-hybridized carbons (Fsp3) is 0.417. The van der Waals surface area contributed by atoms with Crippen molar-refractivity contribution in [2.45, 2.75) is 62.8 Å². The Balaban J connectivity index is 0.00000736. The van der Waals surface area contributed by atoms with Crippen LogP contribution in [0.3, 0.4) is 0 Å². The molecule has 0 heterocycles. The van der Waals surface area contributed by atoms with Gasteiger partial charge >= 0.3 is 35.7 Å². The van der Waals surface area contributed by atoms with E-state index in [2.05, 4.69) is 51.9 Å². The van der Waals surface area contributed by atoms with Gasteiger partial charge in [0.1, 0.15) is 11.6 Å². The molecule has 0 saturated heterocycles. The zero-order chi connectivity index (χ0) is 32.7. The van der Waals surface area contributed by atoms with Crippen molar-refractivity contribution in [2.24, 2.45) is 0 Å². The summed E-state index contributed by atoms with van der Waals surface area (Å²) in [7, 11) is 1.96. The van der Waals surface area contributed by atoms with E-state index in [-0.39, 0.29) is 47.6 Å². The number of likely N-dealkylation sites (N-methyl/N-ethyl adjacent to an activating group) is 1. The van der Waals surface area contributed by atoms with Crippen LogP contribution in [0.2, 0.25) is 0 Å². The van der Waals surface area contributed by atoms with E-state index in [0.717, 1.165) is 36.1 Å². The molecule has 0 aliphatic rings. The van der Waals surface area contributed by atoms with E-state index in [1.807, 2.05) is 61.6 Å². The molecule has 46 heavy (non-hydrogen) atoms. The average molecular weight is 656 g/mol. The summed E-state index contributed by atoms with van der Waals surface area (Å²) < 4.78 is 4.88. The summed E-state index contributed by atoms with van der Waals surface area (Å²) in [5.74, 6) is -1.04. The Morgan fingerprint density at radius 3 is 1.76 bits per heavy atom. The first kappa shape index (κ1) is 39.4. The summed E-state index contributed by atoms with van der Waals surface area (Å²) in [5, 5.41) is 16.5. The molecule has 3 aromatic carbocycles. The number of nitrogens with zero attached hydrogens (tertiary/aromatic N) is 1. The summed E-state index contributed by atoms with van der Waals surface area (Å²) >= 11 is 1.59. The van der Waals surface area contributed by atoms with Crippen molar-refractivity contribution in [3.63, 3.8) is 0 Å². The van der Waals surface area contributed by atoms with Gasteiger partial charge in [-0.15, -0.1) is 11.8 Å². The molecule has 2 N–H and O–H groups in total. The van der Waals surface area contributed by atoms with Crippen LogP contribution in [-0.4, -0.2) is 66.9 Å². The summed E-state index contributed by atoms with van der Waals surface area (Å²) in [6, 6.07) is 29.7. The first-order valence-electron chi connectivity index (χ1n) is 15.5. The topological polar surface area (TPSA) is 111 Å². The van der Waals surface area contributed by atoms with Crippen LogP contribution in [0.25, 0.3) is 0 Å². The molecular formula is C36H46N3NaO5S. The predicted octanol–water partition coefficient (Wildman–Crippen LogP) is 1.97. The predicted molar refractivity (Wildman–Crippen MR) is 179 cm³/mol. The van der Waals surface area contributed by atoms with Crippen LogP contribution in [0.4, 0.5) is 4.79 Å². The van der Waals surface area contributed by atoms with Crippen LogP contribution in [0, 0.1) is 0 Å². The number of hydrogen-bond donors (Lipinski definition) is 2. The number of benzene rings is 3. The number of amides is 2. The number of unbranched alkanes of at least 4 members (excludes halogenated alkanes) is 2. The van der Waals surface area contributed by atoms with Crippen LogP contribution in [0.15, 0.2) is 91.0 Å². The third kappa shape index (κ3) is 12.8. The zero-order valence-electron chi connectivity index (χ0n) is 27.8. The molecule has 0 aromatic heterocycles. The number of carbonyl (C=O) groups excluding carboxylic acids is 3. The van der Waals surface area contributed by atoms with Gasteiger partial charge in [-0.2, -0.15) is 0 Å². The second kappa shape index (κ2) is 19.8. The number of hydrogen-bond acceptors (Lipinski definition) is 7. The maximum atomic E-state index is 13.6. The molecule has 3 rings (SSSR count). The first-order valence-corrected chi connectivity index (χ1v) is 16.5. The van der Waals surface area contributed by atoms with E-state index in [1.54, 1.807) is 32.5 Å². The number of thioether (sulfide) groups is 1. The van der Waals surface area contributed by atoms with Crippen molar-refractivity contribution < 1.29 is 53.8 Å². The SMILES string of the molecule is CN(CCCCCC(=O)[O-])CCNC(=O)C(CSC(c1ccccc1)(c1ccccc1)c1ccccc1)NC(=O)OC(C)(C)C.[Na+]. The zero-order valence-corrected chi connectivity index (χ0v) is 30.6. The van der Waals surface area contributed by atoms with Crippen molar-refractivity contribution in [1.29, 1.82) is 0 Å². The minimum absolute atomic E-state index is 0. The minimum atomic E-state index is -1.02. The Labute approximate surface area is 300 Å². The number of carboxylic acid groups (broad SMARTS) is 1. The fourth-order valence-corrected chi connectivity index (χ4v) is 6.60. The van der Waals surface area contributed by atoms with Gasteiger partial charge in [-0.25, -0.2) is 4.79 Å². The van der Waals surface area contributed by atoms with Gasteiger partial charge in [0.15, 0.2) is 0 Å². The number of nitrogens with one attached hydrogen (secondary N) is 2. The Kier molecular flexibility index (Phi) is 16.9.